The van der Waals surface area contributed by atoms with Gasteiger partial charge < -0.3 is 10.3 Å². The molecule has 0 fully saturated rings. The molecular formula is C27H24N8O. The first-order valence-corrected chi connectivity index (χ1v) is 11.7. The highest BCUT2D eigenvalue weighted by Crippen LogP contribution is 2.29. The zero-order chi connectivity index (χ0) is 24.6. The first kappa shape index (κ1) is 21.7. The number of aromatic amines is 1. The lowest BCUT2D eigenvalue weighted by atomic mass is 9.98. The first-order chi connectivity index (χ1) is 17.6. The number of nitrogens with one attached hydrogen (secondary N) is 2. The average Bonchev–Trinajstić information content (AvgIpc) is 3.56. The fourth-order valence-corrected chi connectivity index (χ4v) is 4.64. The lowest BCUT2D eigenvalue weighted by Gasteiger charge is -2.21. The minimum atomic E-state index is -0.0574. The summed E-state index contributed by atoms with van der Waals surface area (Å²) in [6, 6.07) is 17.8. The largest absolute Gasteiger partial charge is 0.368 e. The van der Waals surface area contributed by atoms with Gasteiger partial charge in [-0.25, -0.2) is 15.0 Å². The molecule has 9 heteroatoms. The Hall–Kier alpha value is -4.79. The van der Waals surface area contributed by atoms with Crippen molar-refractivity contribution in [2.75, 3.05) is 11.9 Å². The second-order valence-corrected chi connectivity index (χ2v) is 8.82. The lowest BCUT2D eigenvalue weighted by molar-refractivity contribution is 0.728. The van der Waals surface area contributed by atoms with Crippen LogP contribution in [0.3, 0.4) is 0 Å². The maximum Gasteiger partial charge on any atom is 0.263 e. The monoisotopic (exact) mass is 476 g/mol. The summed E-state index contributed by atoms with van der Waals surface area (Å²) in [5.41, 5.74) is 4.82. The fourth-order valence-electron chi connectivity index (χ4n) is 4.64. The molecular weight excluding hydrogens is 452 g/mol. The number of benzene rings is 2. The van der Waals surface area contributed by atoms with Crippen LogP contribution in [0.15, 0.2) is 84.4 Å². The van der Waals surface area contributed by atoms with Crippen molar-refractivity contribution >= 4 is 27.8 Å². The molecule has 1 atom stereocenters. The standard InChI is InChI=1S/C27H24N8O/c1-17(12-28-25-24-26(30-15-29-24)32-16-31-25)22-11-18-7-6-10-21(19-13-33-34(2)14-19)23(18)27(36)35(22)20-8-4-3-5-9-20/h3-11,13-17H,12H2,1-2H3,(H2,28,29,30,31,32)/t17-/m1/s1. The highest BCUT2D eigenvalue weighted by atomic mass is 16.1. The summed E-state index contributed by atoms with van der Waals surface area (Å²) >= 11 is 0. The molecule has 9 nitrogen and oxygen atoms in total. The minimum absolute atomic E-state index is 0.0164. The number of rotatable bonds is 6. The highest BCUT2D eigenvalue weighted by molar-refractivity contribution is 5.96. The summed E-state index contributed by atoms with van der Waals surface area (Å²) in [4.78, 5) is 30.0. The van der Waals surface area contributed by atoms with Gasteiger partial charge in [0.05, 0.1) is 17.9 Å². The number of fused-ring (bicyclic) bond motifs is 2. The second kappa shape index (κ2) is 8.77. The SMILES string of the molecule is C[C@H](CNc1ncnc2nc[nH]c12)c1cc2cccc(-c3cnn(C)c3)c2c(=O)n1-c1ccccc1. The maximum absolute atomic E-state index is 14.2. The van der Waals surface area contributed by atoms with Crippen molar-refractivity contribution in [3.05, 3.63) is 95.7 Å². The molecule has 0 saturated carbocycles. The van der Waals surface area contributed by atoms with Gasteiger partial charge in [-0.05, 0) is 29.1 Å². The van der Waals surface area contributed by atoms with Gasteiger partial charge in [0.1, 0.15) is 11.8 Å². The quantitative estimate of drug-likeness (QED) is 0.372. The molecule has 2 aromatic carbocycles. The van der Waals surface area contributed by atoms with E-state index in [1.807, 2.05) is 66.3 Å². The molecule has 4 aromatic heterocycles. The Morgan fingerprint density at radius 3 is 2.72 bits per heavy atom. The van der Waals surface area contributed by atoms with Crippen LogP contribution in [0.4, 0.5) is 5.82 Å². The number of pyridine rings is 1. The van der Waals surface area contributed by atoms with E-state index in [1.54, 1.807) is 17.2 Å². The van der Waals surface area contributed by atoms with Crippen molar-refractivity contribution in [1.29, 1.82) is 0 Å². The fraction of sp³-hybridized carbons (Fsp3) is 0.148. The van der Waals surface area contributed by atoms with Gasteiger partial charge in [-0.1, -0.05) is 43.3 Å². The molecule has 0 aliphatic heterocycles. The Morgan fingerprint density at radius 1 is 1.06 bits per heavy atom. The molecule has 178 valence electrons. The van der Waals surface area contributed by atoms with Crippen molar-refractivity contribution in [1.82, 2.24) is 34.3 Å². The first-order valence-electron chi connectivity index (χ1n) is 11.7. The van der Waals surface area contributed by atoms with Gasteiger partial charge in [0.2, 0.25) is 0 Å². The summed E-state index contributed by atoms with van der Waals surface area (Å²) in [6.45, 7) is 2.66. The Labute approximate surface area is 206 Å². The molecule has 2 N–H and O–H groups in total. The van der Waals surface area contributed by atoms with Gasteiger partial charge in [0.15, 0.2) is 11.5 Å². The Balaban J connectivity index is 1.48. The Kier molecular flexibility index (Phi) is 5.29. The van der Waals surface area contributed by atoms with E-state index in [9.17, 15) is 4.79 Å². The van der Waals surface area contributed by atoms with E-state index in [-0.39, 0.29) is 11.5 Å². The molecule has 6 rings (SSSR count). The molecule has 6 aromatic rings. The number of aromatic nitrogens is 7. The van der Waals surface area contributed by atoms with Gasteiger partial charge in [-0.3, -0.25) is 14.0 Å². The predicted octanol–water partition coefficient (Wildman–Crippen LogP) is 4.27. The molecule has 36 heavy (non-hydrogen) atoms. The van der Waals surface area contributed by atoms with Crippen LogP contribution in [0, 0.1) is 0 Å². The molecule has 4 heterocycles. The Morgan fingerprint density at radius 2 is 1.92 bits per heavy atom. The number of nitrogens with zero attached hydrogens (tertiary/aromatic N) is 6. The van der Waals surface area contributed by atoms with Gasteiger partial charge in [0.25, 0.3) is 5.56 Å². The summed E-state index contributed by atoms with van der Waals surface area (Å²) < 4.78 is 3.57. The number of para-hydroxylation sites is 1. The van der Waals surface area contributed by atoms with E-state index < -0.39 is 0 Å². The van der Waals surface area contributed by atoms with Crippen LogP contribution >= 0.6 is 0 Å². The molecule has 0 saturated heterocycles. The van der Waals surface area contributed by atoms with Crippen molar-refractivity contribution in [2.45, 2.75) is 12.8 Å². The topological polar surface area (TPSA) is 106 Å². The summed E-state index contributed by atoms with van der Waals surface area (Å²) in [6.07, 6.45) is 6.81. The van der Waals surface area contributed by atoms with E-state index in [4.69, 9.17) is 0 Å². The Bertz CT molecular complexity index is 1750. The maximum atomic E-state index is 14.2. The molecule has 0 bridgehead atoms. The number of hydrogen-bond donors (Lipinski definition) is 2. The van der Waals surface area contributed by atoms with Crippen LogP contribution in [-0.2, 0) is 7.05 Å². The predicted molar refractivity (Wildman–Crippen MR) is 140 cm³/mol. The van der Waals surface area contributed by atoms with Gasteiger partial charge in [0, 0.05) is 42.7 Å². The number of hydrogen-bond acceptors (Lipinski definition) is 6. The molecule has 0 aliphatic carbocycles. The number of aryl methyl sites for hydroxylation is 1. The highest BCUT2D eigenvalue weighted by Gasteiger charge is 2.19. The van der Waals surface area contributed by atoms with E-state index in [2.05, 4.69) is 43.3 Å². The van der Waals surface area contributed by atoms with E-state index in [1.165, 1.54) is 6.33 Å². The van der Waals surface area contributed by atoms with Crippen LogP contribution in [-0.4, -0.2) is 40.8 Å². The number of anilines is 1. The van der Waals surface area contributed by atoms with Gasteiger partial charge in [-0.2, -0.15) is 5.10 Å². The van der Waals surface area contributed by atoms with Crippen LogP contribution < -0.4 is 10.9 Å². The van der Waals surface area contributed by atoms with Crippen LogP contribution in [0.25, 0.3) is 38.8 Å². The van der Waals surface area contributed by atoms with E-state index in [0.29, 0.717) is 23.4 Å². The molecule has 0 aliphatic rings. The van der Waals surface area contributed by atoms with Crippen molar-refractivity contribution in [3.63, 3.8) is 0 Å². The smallest absolute Gasteiger partial charge is 0.263 e. The van der Waals surface area contributed by atoms with Gasteiger partial charge in [-0.15, -0.1) is 0 Å². The second-order valence-electron chi connectivity index (χ2n) is 8.82. The normalized spacial score (nSPS) is 12.3. The summed E-state index contributed by atoms with van der Waals surface area (Å²) in [5.74, 6) is 0.662. The molecule has 0 amide bonds. The third-order valence-electron chi connectivity index (χ3n) is 6.41. The number of H-pyrrole nitrogens is 1. The van der Waals surface area contributed by atoms with Crippen molar-refractivity contribution in [2.24, 2.45) is 7.05 Å². The zero-order valence-electron chi connectivity index (χ0n) is 19.9. The van der Waals surface area contributed by atoms with Crippen LogP contribution in [0.2, 0.25) is 0 Å². The summed E-state index contributed by atoms with van der Waals surface area (Å²) in [7, 11) is 1.87. The number of imidazole rings is 1. The average molecular weight is 477 g/mol. The van der Waals surface area contributed by atoms with E-state index >= 15 is 0 Å². The van der Waals surface area contributed by atoms with Crippen LogP contribution in [0.5, 0.6) is 0 Å². The van der Waals surface area contributed by atoms with Gasteiger partial charge >= 0.3 is 0 Å². The van der Waals surface area contributed by atoms with Crippen molar-refractivity contribution in [3.8, 4) is 16.8 Å². The molecule has 0 unspecified atom stereocenters. The molecule has 0 radical (unpaired) electrons. The lowest BCUT2D eigenvalue weighted by Crippen LogP contribution is -2.26. The van der Waals surface area contributed by atoms with Crippen molar-refractivity contribution < 1.29 is 0 Å². The van der Waals surface area contributed by atoms with Crippen LogP contribution in [0.1, 0.15) is 18.5 Å². The third-order valence-corrected chi connectivity index (χ3v) is 6.41. The molecule has 0 spiro atoms. The summed E-state index contributed by atoms with van der Waals surface area (Å²) in [5, 5.41) is 9.29. The minimum Gasteiger partial charge on any atom is -0.368 e. The van der Waals surface area contributed by atoms with E-state index in [0.717, 1.165) is 33.4 Å². The third kappa shape index (κ3) is 3.70. The zero-order valence-corrected chi connectivity index (χ0v) is 19.9.